The molecule has 3 heterocycles. The quantitative estimate of drug-likeness (QED) is 0.475. The van der Waals surface area contributed by atoms with Gasteiger partial charge >= 0.3 is 0 Å². The summed E-state index contributed by atoms with van der Waals surface area (Å²) in [4.78, 5) is 25.0. The van der Waals surface area contributed by atoms with E-state index in [2.05, 4.69) is 38.4 Å². The van der Waals surface area contributed by atoms with Crippen molar-refractivity contribution in [3.05, 3.63) is 60.3 Å². The summed E-state index contributed by atoms with van der Waals surface area (Å²) in [6.45, 7) is 5.77. The van der Waals surface area contributed by atoms with Gasteiger partial charge in [0.15, 0.2) is 0 Å². The molecule has 0 radical (unpaired) electrons. The Kier molecular flexibility index (Phi) is 8.20. The number of carbonyl (C=O) groups is 1. The number of hydrogen-bond acceptors (Lipinski definition) is 9. The van der Waals surface area contributed by atoms with Crippen molar-refractivity contribution in [3.63, 3.8) is 0 Å². The van der Waals surface area contributed by atoms with Crippen LogP contribution in [-0.4, -0.2) is 77.5 Å². The van der Waals surface area contributed by atoms with Crippen LogP contribution < -0.4 is 15.0 Å². The molecular weight excluding hydrogens is 496 g/mol. The van der Waals surface area contributed by atoms with E-state index in [4.69, 9.17) is 9.47 Å². The number of aromatic nitrogens is 2. The summed E-state index contributed by atoms with van der Waals surface area (Å²) in [6, 6.07) is 17.6. The summed E-state index contributed by atoms with van der Waals surface area (Å²) in [5.41, 5.74) is 3.92. The van der Waals surface area contributed by atoms with Gasteiger partial charge < -0.3 is 29.7 Å². The summed E-state index contributed by atoms with van der Waals surface area (Å²) >= 11 is 0. The highest BCUT2D eigenvalue weighted by atomic mass is 16.5. The van der Waals surface area contributed by atoms with Crippen molar-refractivity contribution in [2.45, 2.75) is 32.0 Å². The lowest BCUT2D eigenvalue weighted by Crippen LogP contribution is -2.45. The molecule has 2 fully saturated rings. The number of ether oxygens (including phenoxy) is 2. The predicted molar refractivity (Wildman–Crippen MR) is 147 cm³/mol. The van der Waals surface area contributed by atoms with Crippen molar-refractivity contribution in [2.24, 2.45) is 0 Å². The van der Waals surface area contributed by atoms with E-state index in [1.165, 1.54) is 6.92 Å². The molecule has 2 aromatic carbocycles. The molecule has 10 heteroatoms. The van der Waals surface area contributed by atoms with Crippen molar-refractivity contribution >= 4 is 23.2 Å². The van der Waals surface area contributed by atoms with Crippen molar-refractivity contribution < 1.29 is 19.4 Å². The van der Waals surface area contributed by atoms with Crippen molar-refractivity contribution in [1.29, 1.82) is 5.26 Å². The third-order valence-corrected chi connectivity index (χ3v) is 6.96. The monoisotopic (exact) mass is 528 g/mol. The molecule has 5 rings (SSSR count). The van der Waals surface area contributed by atoms with Crippen LogP contribution in [0.1, 0.15) is 25.3 Å². The van der Waals surface area contributed by atoms with Gasteiger partial charge in [-0.1, -0.05) is 0 Å². The van der Waals surface area contributed by atoms with Gasteiger partial charge in [0.25, 0.3) is 5.91 Å². The van der Waals surface area contributed by atoms with Crippen molar-refractivity contribution in [3.8, 4) is 23.1 Å². The predicted octanol–water partition coefficient (Wildman–Crippen LogP) is 3.35. The Labute approximate surface area is 227 Å². The van der Waals surface area contributed by atoms with Crippen LogP contribution in [0.2, 0.25) is 0 Å². The van der Waals surface area contributed by atoms with E-state index in [0.29, 0.717) is 48.9 Å². The van der Waals surface area contributed by atoms with Gasteiger partial charge in [-0.2, -0.15) is 5.26 Å². The average molecular weight is 529 g/mol. The van der Waals surface area contributed by atoms with Gasteiger partial charge in [-0.05, 0) is 55.5 Å². The molecule has 2 aliphatic rings. The maximum absolute atomic E-state index is 12.0. The topological polar surface area (TPSA) is 124 Å². The standard InChI is InChI=1S/C29H32N6O4/c1-20(36)28(37)35-12-9-25(10-13-35)39-27-7-2-21(18-22(27)19-30)26-8-11-31-29(33-26)32-23-3-5-24(6-4-23)34-14-16-38-17-15-34/h2-8,11,18,20,25,36H,9-10,12-17H2,1H3,(H,31,32,33)/t20-/m1/s1. The maximum atomic E-state index is 12.0. The number of morpholine rings is 1. The first-order chi connectivity index (χ1) is 19.0. The third-order valence-electron chi connectivity index (χ3n) is 6.96. The summed E-state index contributed by atoms with van der Waals surface area (Å²) in [5, 5.41) is 22.6. The van der Waals surface area contributed by atoms with Crippen molar-refractivity contribution in [2.75, 3.05) is 49.6 Å². The Bertz CT molecular complexity index is 1330. The number of aliphatic hydroxyl groups excluding tert-OH is 1. The number of hydrogen-bond donors (Lipinski definition) is 2. The highest BCUT2D eigenvalue weighted by Gasteiger charge is 2.26. The van der Waals surface area contributed by atoms with Gasteiger partial charge in [-0.15, -0.1) is 0 Å². The molecule has 0 bridgehead atoms. The second-order valence-corrected chi connectivity index (χ2v) is 9.68. The van der Waals surface area contributed by atoms with Crippen LogP contribution in [0.25, 0.3) is 11.3 Å². The molecule has 2 N–H and O–H groups in total. The largest absolute Gasteiger partial charge is 0.489 e. The summed E-state index contributed by atoms with van der Waals surface area (Å²) < 4.78 is 11.6. The Morgan fingerprint density at radius 3 is 2.56 bits per heavy atom. The van der Waals surface area contributed by atoms with Gasteiger partial charge in [0.1, 0.15) is 24.0 Å². The number of piperidine rings is 1. The highest BCUT2D eigenvalue weighted by Crippen LogP contribution is 2.29. The number of amides is 1. The lowest BCUT2D eigenvalue weighted by atomic mass is 10.1. The minimum Gasteiger partial charge on any atom is -0.489 e. The molecule has 0 spiro atoms. The van der Waals surface area contributed by atoms with E-state index in [1.54, 1.807) is 29.3 Å². The van der Waals surface area contributed by atoms with Gasteiger partial charge in [0, 0.05) is 62.2 Å². The Balaban J connectivity index is 1.23. The molecule has 39 heavy (non-hydrogen) atoms. The minimum absolute atomic E-state index is 0.106. The Hall–Kier alpha value is -4.20. The number of benzene rings is 2. The van der Waals surface area contributed by atoms with E-state index in [9.17, 15) is 15.2 Å². The number of nitrogens with zero attached hydrogens (tertiary/aromatic N) is 5. The van der Waals surface area contributed by atoms with E-state index in [-0.39, 0.29) is 12.0 Å². The maximum Gasteiger partial charge on any atom is 0.251 e. The fourth-order valence-electron chi connectivity index (χ4n) is 4.80. The van der Waals surface area contributed by atoms with E-state index >= 15 is 0 Å². The molecule has 202 valence electrons. The fourth-order valence-corrected chi connectivity index (χ4v) is 4.80. The lowest BCUT2D eigenvalue weighted by Gasteiger charge is -2.33. The molecule has 2 aliphatic heterocycles. The molecule has 0 aliphatic carbocycles. The van der Waals surface area contributed by atoms with Gasteiger partial charge in [0.05, 0.1) is 24.5 Å². The molecule has 1 aromatic heterocycles. The van der Waals surface area contributed by atoms with Crippen LogP contribution in [0, 0.1) is 11.3 Å². The highest BCUT2D eigenvalue weighted by molar-refractivity contribution is 5.80. The molecule has 0 unspecified atom stereocenters. The number of nitriles is 1. The SMILES string of the molecule is C[C@@H](O)C(=O)N1CCC(Oc2ccc(-c3ccnc(Nc4ccc(N5CCOCC5)cc4)n3)cc2C#N)CC1. The number of aliphatic hydroxyl groups is 1. The van der Waals surface area contributed by atoms with Crippen LogP contribution in [0.5, 0.6) is 5.75 Å². The van der Waals surface area contributed by atoms with Crippen LogP contribution in [-0.2, 0) is 9.53 Å². The summed E-state index contributed by atoms with van der Waals surface area (Å²) in [5.74, 6) is 0.706. The zero-order valence-corrected chi connectivity index (χ0v) is 21.9. The van der Waals surface area contributed by atoms with Gasteiger partial charge in [-0.25, -0.2) is 9.97 Å². The second kappa shape index (κ2) is 12.1. The average Bonchev–Trinajstić information content (AvgIpc) is 2.98. The summed E-state index contributed by atoms with van der Waals surface area (Å²) in [6.07, 6.45) is 1.86. The first kappa shape index (κ1) is 26.4. The van der Waals surface area contributed by atoms with E-state index in [1.807, 2.05) is 18.2 Å². The number of anilines is 3. The van der Waals surface area contributed by atoms with Gasteiger partial charge in [0.2, 0.25) is 5.95 Å². The molecule has 10 nitrogen and oxygen atoms in total. The normalized spacial score (nSPS) is 16.8. The lowest BCUT2D eigenvalue weighted by molar-refractivity contribution is -0.141. The number of nitrogens with one attached hydrogen (secondary N) is 1. The zero-order valence-electron chi connectivity index (χ0n) is 21.9. The smallest absolute Gasteiger partial charge is 0.251 e. The first-order valence-electron chi connectivity index (χ1n) is 13.2. The van der Waals surface area contributed by atoms with Crippen LogP contribution in [0.4, 0.5) is 17.3 Å². The first-order valence-corrected chi connectivity index (χ1v) is 13.2. The Morgan fingerprint density at radius 1 is 1.13 bits per heavy atom. The Morgan fingerprint density at radius 2 is 1.87 bits per heavy atom. The second-order valence-electron chi connectivity index (χ2n) is 9.68. The molecule has 0 saturated carbocycles. The van der Waals surface area contributed by atoms with E-state index < -0.39 is 6.10 Å². The zero-order chi connectivity index (χ0) is 27.2. The van der Waals surface area contributed by atoms with Crippen LogP contribution in [0.15, 0.2) is 54.7 Å². The minimum atomic E-state index is -1.00. The molecule has 2 saturated heterocycles. The molecule has 1 amide bonds. The number of carbonyl (C=O) groups excluding carboxylic acids is 1. The number of likely N-dealkylation sites (tertiary alicyclic amines) is 1. The third kappa shape index (κ3) is 6.45. The van der Waals surface area contributed by atoms with Crippen molar-refractivity contribution in [1.82, 2.24) is 14.9 Å². The molecule has 1 atom stereocenters. The van der Waals surface area contributed by atoms with Gasteiger partial charge in [-0.3, -0.25) is 4.79 Å². The summed E-state index contributed by atoms with van der Waals surface area (Å²) in [7, 11) is 0. The van der Waals surface area contributed by atoms with Crippen LogP contribution >= 0.6 is 0 Å². The van der Waals surface area contributed by atoms with E-state index in [0.717, 1.165) is 43.2 Å². The molecule has 3 aromatic rings. The number of rotatable bonds is 7. The van der Waals surface area contributed by atoms with Crippen LogP contribution in [0.3, 0.4) is 0 Å². The molecular formula is C29H32N6O4. The fraction of sp³-hybridized carbons (Fsp3) is 0.379.